The molecule has 6 heteroatoms. The Balaban J connectivity index is 3.20. The summed E-state index contributed by atoms with van der Waals surface area (Å²) in [5.74, 6) is -0.916. The van der Waals surface area contributed by atoms with Gasteiger partial charge in [0.15, 0.2) is 5.78 Å². The van der Waals surface area contributed by atoms with Gasteiger partial charge < -0.3 is 14.6 Å². The molecule has 0 saturated carbocycles. The van der Waals surface area contributed by atoms with Crippen molar-refractivity contribution in [1.29, 1.82) is 0 Å². The summed E-state index contributed by atoms with van der Waals surface area (Å²) in [5.41, 5.74) is 1.83. The van der Waals surface area contributed by atoms with E-state index in [-0.39, 0.29) is 30.5 Å². The Bertz CT molecular complexity index is 631. The molecule has 0 bridgehead atoms. The molecule has 1 aromatic rings. The normalized spacial score (nSPS) is 11.7. The first-order chi connectivity index (χ1) is 10.8. The molecular weight excluding hydrogens is 296 g/mol. The number of nitrogens with zero attached hydrogens (tertiary/aromatic N) is 1. The number of H-pyrrole nitrogens is 1. The molecule has 126 valence electrons. The molecule has 0 aromatic carbocycles. The van der Waals surface area contributed by atoms with Gasteiger partial charge in [0.1, 0.15) is 5.69 Å². The third-order valence-corrected chi connectivity index (χ3v) is 3.74. The number of hydrogen-bond acceptors (Lipinski definition) is 4. The number of ketones is 1. The fourth-order valence-electron chi connectivity index (χ4n) is 2.58. The predicted octanol–water partition coefficient (Wildman–Crippen LogP) is 2.41. The number of aromatic amines is 1. The quantitative estimate of drug-likeness (QED) is 0.475. The van der Waals surface area contributed by atoms with Crippen LogP contribution in [0.4, 0.5) is 0 Å². The van der Waals surface area contributed by atoms with E-state index >= 15 is 0 Å². The highest BCUT2D eigenvalue weighted by Gasteiger charge is 2.29. The number of nitrogens with one attached hydrogen (secondary N) is 1. The Hall–Kier alpha value is -2.37. The predicted molar refractivity (Wildman–Crippen MR) is 87.6 cm³/mol. The van der Waals surface area contributed by atoms with Crippen LogP contribution in [0.5, 0.6) is 0 Å². The van der Waals surface area contributed by atoms with Crippen molar-refractivity contribution in [3.8, 4) is 0 Å². The summed E-state index contributed by atoms with van der Waals surface area (Å²) >= 11 is 0. The molecule has 0 spiro atoms. The molecule has 6 nitrogen and oxygen atoms in total. The number of aryl methyl sites for hydroxylation is 1. The maximum absolute atomic E-state index is 12.8. The maximum atomic E-state index is 12.8. The van der Waals surface area contributed by atoms with E-state index in [1.807, 2.05) is 0 Å². The molecule has 1 aromatic heterocycles. The number of aromatic nitrogens is 1. The van der Waals surface area contributed by atoms with Crippen molar-refractivity contribution in [1.82, 2.24) is 9.88 Å². The van der Waals surface area contributed by atoms with Gasteiger partial charge in [-0.25, -0.2) is 4.79 Å². The summed E-state index contributed by atoms with van der Waals surface area (Å²) in [4.78, 5) is 40.8. The Kier molecular flexibility index (Phi) is 6.30. The third-order valence-electron chi connectivity index (χ3n) is 3.74. The van der Waals surface area contributed by atoms with E-state index in [9.17, 15) is 14.4 Å². The molecule has 1 unspecified atom stereocenters. The molecule has 1 N–H and O–H groups in total. The van der Waals surface area contributed by atoms with Crippen molar-refractivity contribution in [3.63, 3.8) is 0 Å². The Labute approximate surface area is 136 Å². The van der Waals surface area contributed by atoms with E-state index in [2.05, 4.69) is 11.6 Å². The number of amides is 1. The molecule has 0 fully saturated rings. The molecule has 1 heterocycles. The van der Waals surface area contributed by atoms with Crippen LogP contribution in [-0.2, 0) is 9.53 Å². The van der Waals surface area contributed by atoms with Gasteiger partial charge in [0.25, 0.3) is 0 Å². The van der Waals surface area contributed by atoms with Crippen LogP contribution in [0.3, 0.4) is 0 Å². The molecule has 0 saturated heterocycles. The van der Waals surface area contributed by atoms with Crippen LogP contribution in [0.1, 0.15) is 52.9 Å². The summed E-state index contributed by atoms with van der Waals surface area (Å²) < 4.78 is 4.98. The van der Waals surface area contributed by atoms with Crippen molar-refractivity contribution < 1.29 is 19.1 Å². The second kappa shape index (κ2) is 7.76. The average Bonchev–Trinajstić information content (AvgIpc) is 2.78. The van der Waals surface area contributed by atoms with Gasteiger partial charge in [-0.1, -0.05) is 6.08 Å². The van der Waals surface area contributed by atoms with Crippen LogP contribution in [0.25, 0.3) is 0 Å². The second-order valence-corrected chi connectivity index (χ2v) is 5.35. The minimum absolute atomic E-state index is 0.206. The lowest BCUT2D eigenvalue weighted by Crippen LogP contribution is -2.42. The minimum atomic E-state index is -0.645. The van der Waals surface area contributed by atoms with E-state index in [4.69, 9.17) is 4.74 Å². The van der Waals surface area contributed by atoms with Gasteiger partial charge >= 0.3 is 5.97 Å². The Morgan fingerprint density at radius 1 is 1.35 bits per heavy atom. The monoisotopic (exact) mass is 320 g/mol. The summed E-state index contributed by atoms with van der Waals surface area (Å²) in [6, 6.07) is -0.645. The van der Waals surface area contributed by atoms with Crippen molar-refractivity contribution in [3.05, 3.63) is 35.2 Å². The van der Waals surface area contributed by atoms with Crippen molar-refractivity contribution >= 4 is 17.7 Å². The van der Waals surface area contributed by atoms with Crippen LogP contribution < -0.4 is 0 Å². The fourth-order valence-corrected chi connectivity index (χ4v) is 2.58. The van der Waals surface area contributed by atoms with E-state index in [0.717, 1.165) is 0 Å². The molecule has 0 radical (unpaired) electrons. The molecule has 0 aliphatic carbocycles. The number of ether oxygens (including phenoxy) is 1. The number of esters is 1. The number of hydrogen-bond donors (Lipinski definition) is 1. The first-order valence-electron chi connectivity index (χ1n) is 7.54. The number of carbonyl (C=O) groups excluding carboxylic acids is 3. The van der Waals surface area contributed by atoms with Gasteiger partial charge in [0, 0.05) is 24.7 Å². The first kappa shape index (κ1) is 18.7. The zero-order chi connectivity index (χ0) is 17.7. The number of Topliss-reactive ketones (excluding diaryl/α,β-unsaturated/α-hetero) is 1. The highest BCUT2D eigenvalue weighted by Crippen LogP contribution is 2.22. The van der Waals surface area contributed by atoms with Gasteiger partial charge in [-0.15, -0.1) is 6.58 Å². The van der Waals surface area contributed by atoms with Crippen molar-refractivity contribution in [2.24, 2.45) is 0 Å². The van der Waals surface area contributed by atoms with E-state index in [0.29, 0.717) is 16.8 Å². The van der Waals surface area contributed by atoms with Crippen LogP contribution >= 0.6 is 0 Å². The fraction of sp³-hybridized carbons (Fsp3) is 0.471. The maximum Gasteiger partial charge on any atom is 0.355 e. The van der Waals surface area contributed by atoms with Gasteiger partial charge in [-0.05, 0) is 33.3 Å². The Morgan fingerprint density at radius 2 is 1.96 bits per heavy atom. The third kappa shape index (κ3) is 3.88. The van der Waals surface area contributed by atoms with Crippen molar-refractivity contribution in [2.45, 2.75) is 40.7 Å². The zero-order valence-corrected chi connectivity index (χ0v) is 14.4. The second-order valence-electron chi connectivity index (χ2n) is 5.35. The first-order valence-corrected chi connectivity index (χ1v) is 7.54. The van der Waals surface area contributed by atoms with Crippen molar-refractivity contribution in [2.75, 3.05) is 13.2 Å². The minimum Gasteiger partial charge on any atom is -0.461 e. The zero-order valence-electron chi connectivity index (χ0n) is 14.4. The Morgan fingerprint density at radius 3 is 2.43 bits per heavy atom. The highest BCUT2D eigenvalue weighted by molar-refractivity contribution is 6.06. The molecule has 0 aliphatic heterocycles. The van der Waals surface area contributed by atoms with Gasteiger partial charge in [0.2, 0.25) is 5.91 Å². The van der Waals surface area contributed by atoms with Crippen LogP contribution in [0, 0.1) is 13.8 Å². The topological polar surface area (TPSA) is 79.5 Å². The average molecular weight is 320 g/mol. The molecule has 1 rings (SSSR count). The molecule has 0 aliphatic rings. The molecule has 1 amide bonds. The summed E-state index contributed by atoms with van der Waals surface area (Å²) in [6.45, 7) is 12.4. The molecular formula is C17H24N2O4. The van der Waals surface area contributed by atoms with E-state index in [1.165, 1.54) is 11.8 Å². The summed E-state index contributed by atoms with van der Waals surface area (Å²) in [5, 5.41) is 0. The van der Waals surface area contributed by atoms with Crippen LogP contribution in [0.15, 0.2) is 12.7 Å². The van der Waals surface area contributed by atoms with E-state index in [1.54, 1.807) is 33.8 Å². The standard InChI is InChI=1S/C17H24N2O4/c1-7-9-19(13(6)20)12(5)16(21)14-10(3)15(18-11(14)4)17(22)23-8-2/h7,12,18H,1,8-9H2,2-6H3. The van der Waals surface area contributed by atoms with Gasteiger partial charge in [0.05, 0.1) is 12.6 Å². The SMILES string of the molecule is C=CCN(C(C)=O)C(C)C(=O)c1c(C)[nH]c(C(=O)OCC)c1C. The van der Waals surface area contributed by atoms with Gasteiger partial charge in [-0.3, -0.25) is 9.59 Å². The van der Waals surface area contributed by atoms with Crippen LogP contribution in [0.2, 0.25) is 0 Å². The lowest BCUT2D eigenvalue weighted by atomic mass is 10.00. The lowest BCUT2D eigenvalue weighted by molar-refractivity contribution is -0.129. The summed E-state index contributed by atoms with van der Waals surface area (Å²) in [6.07, 6.45) is 1.58. The highest BCUT2D eigenvalue weighted by atomic mass is 16.5. The number of carbonyl (C=O) groups is 3. The number of rotatable bonds is 7. The van der Waals surface area contributed by atoms with E-state index < -0.39 is 12.0 Å². The lowest BCUT2D eigenvalue weighted by Gasteiger charge is -2.26. The van der Waals surface area contributed by atoms with Gasteiger partial charge in [-0.2, -0.15) is 0 Å². The molecule has 23 heavy (non-hydrogen) atoms. The van der Waals surface area contributed by atoms with Crippen LogP contribution in [-0.4, -0.2) is 46.7 Å². The molecule has 1 atom stereocenters. The smallest absolute Gasteiger partial charge is 0.355 e. The summed E-state index contributed by atoms with van der Waals surface area (Å²) in [7, 11) is 0. The largest absolute Gasteiger partial charge is 0.461 e.